The first-order chi connectivity index (χ1) is 16.1. The Labute approximate surface area is 202 Å². The van der Waals surface area contributed by atoms with Crippen LogP contribution >= 0.6 is 23.1 Å². The number of nitrogens with zero attached hydrogens (tertiary/aromatic N) is 2. The quantitative estimate of drug-likeness (QED) is 0.200. The molecule has 0 aliphatic rings. The summed E-state index contributed by atoms with van der Waals surface area (Å²) in [5.74, 6) is 1.47. The summed E-state index contributed by atoms with van der Waals surface area (Å²) in [7, 11) is 1.64. The molecule has 0 saturated carbocycles. The van der Waals surface area contributed by atoms with Gasteiger partial charge in [0.1, 0.15) is 5.75 Å². The number of thioether (sulfide) groups is 1. The summed E-state index contributed by atoms with van der Waals surface area (Å²) in [6.07, 6.45) is 1.31. The molecule has 0 N–H and O–H groups in total. The first kappa shape index (κ1) is 22.8. The average Bonchev–Trinajstić information content (AvgIpc) is 3.33. The lowest BCUT2D eigenvalue weighted by Gasteiger charge is -2.18. The molecule has 4 aromatic rings. The minimum Gasteiger partial charge on any atom is -0.497 e. The number of amides is 1. The Morgan fingerprint density at radius 1 is 1.12 bits per heavy atom. The normalized spacial score (nSPS) is 10.6. The zero-order chi connectivity index (χ0) is 23.2. The highest BCUT2D eigenvalue weighted by Gasteiger charge is 2.19. The highest BCUT2D eigenvalue weighted by atomic mass is 32.2. The molecule has 6 heteroatoms. The van der Waals surface area contributed by atoms with Crippen molar-refractivity contribution >= 4 is 39.8 Å². The van der Waals surface area contributed by atoms with Gasteiger partial charge in [-0.3, -0.25) is 9.69 Å². The summed E-state index contributed by atoms with van der Waals surface area (Å²) in [6, 6.07) is 24.2. The standard InChI is InChI=1S/C27H24N2O2S2/c1-4-26(30)29(27-28-25(18-33-27)21-8-12-23(31-3)13-9-21)22-10-14-24(15-11-22)32-17-20-7-5-6-19(2)16-20/h4-16,18H,1,17H2,2-3H3. The van der Waals surface area contributed by atoms with Gasteiger partial charge in [-0.25, -0.2) is 4.98 Å². The van der Waals surface area contributed by atoms with Gasteiger partial charge in [0, 0.05) is 21.6 Å². The molecule has 0 fully saturated rings. The molecule has 0 radical (unpaired) electrons. The highest BCUT2D eigenvalue weighted by Crippen LogP contribution is 2.34. The van der Waals surface area contributed by atoms with Crippen LogP contribution in [0.2, 0.25) is 0 Å². The second-order valence-corrected chi connectivity index (χ2v) is 9.28. The molecule has 0 aliphatic heterocycles. The maximum absolute atomic E-state index is 12.7. The van der Waals surface area contributed by atoms with Gasteiger partial charge in [-0.15, -0.1) is 23.1 Å². The van der Waals surface area contributed by atoms with E-state index in [1.807, 2.05) is 53.9 Å². The van der Waals surface area contributed by atoms with E-state index < -0.39 is 0 Å². The van der Waals surface area contributed by atoms with E-state index in [2.05, 4.69) is 37.8 Å². The Morgan fingerprint density at radius 2 is 1.88 bits per heavy atom. The van der Waals surface area contributed by atoms with Gasteiger partial charge in [0.15, 0.2) is 5.13 Å². The van der Waals surface area contributed by atoms with Crippen molar-refractivity contribution in [1.82, 2.24) is 4.98 Å². The molecular formula is C27H24N2O2S2. The highest BCUT2D eigenvalue weighted by molar-refractivity contribution is 7.98. The molecule has 33 heavy (non-hydrogen) atoms. The van der Waals surface area contributed by atoms with Crippen molar-refractivity contribution in [3.8, 4) is 17.0 Å². The van der Waals surface area contributed by atoms with E-state index >= 15 is 0 Å². The smallest absolute Gasteiger partial charge is 0.256 e. The minimum absolute atomic E-state index is 0.217. The van der Waals surface area contributed by atoms with E-state index in [1.165, 1.54) is 28.5 Å². The van der Waals surface area contributed by atoms with Crippen molar-refractivity contribution in [3.63, 3.8) is 0 Å². The number of rotatable bonds is 8. The molecule has 3 aromatic carbocycles. The van der Waals surface area contributed by atoms with E-state index in [0.717, 1.165) is 33.3 Å². The van der Waals surface area contributed by atoms with Gasteiger partial charge in [-0.1, -0.05) is 36.4 Å². The van der Waals surface area contributed by atoms with Gasteiger partial charge in [0.05, 0.1) is 18.5 Å². The van der Waals surface area contributed by atoms with Crippen LogP contribution in [0.3, 0.4) is 0 Å². The third-order valence-corrected chi connectivity index (χ3v) is 6.96. The fourth-order valence-corrected chi connectivity index (χ4v) is 5.04. The summed E-state index contributed by atoms with van der Waals surface area (Å²) >= 11 is 3.19. The van der Waals surface area contributed by atoms with Crippen LogP contribution in [0.15, 0.2) is 95.7 Å². The fraction of sp³-hybridized carbons (Fsp3) is 0.111. The van der Waals surface area contributed by atoms with Crippen LogP contribution < -0.4 is 9.64 Å². The zero-order valence-corrected chi connectivity index (χ0v) is 20.2. The van der Waals surface area contributed by atoms with Gasteiger partial charge >= 0.3 is 0 Å². The van der Waals surface area contributed by atoms with Gasteiger partial charge in [-0.05, 0) is 67.1 Å². The first-order valence-electron chi connectivity index (χ1n) is 10.4. The van der Waals surface area contributed by atoms with Gasteiger partial charge in [0.2, 0.25) is 0 Å². The van der Waals surface area contributed by atoms with Crippen molar-refractivity contribution in [2.75, 3.05) is 12.0 Å². The summed E-state index contributed by atoms with van der Waals surface area (Å²) in [6.45, 7) is 5.78. The molecule has 1 aromatic heterocycles. The van der Waals surface area contributed by atoms with Gasteiger partial charge in [0.25, 0.3) is 5.91 Å². The van der Waals surface area contributed by atoms with Crippen LogP contribution in [0.4, 0.5) is 10.8 Å². The molecule has 0 unspecified atom stereocenters. The lowest BCUT2D eigenvalue weighted by molar-refractivity contribution is -0.113. The van der Waals surface area contributed by atoms with Gasteiger partial charge < -0.3 is 4.74 Å². The maximum atomic E-state index is 12.7. The third-order valence-electron chi connectivity index (χ3n) is 5.05. The molecule has 1 amide bonds. The van der Waals surface area contributed by atoms with Crippen molar-refractivity contribution in [3.05, 3.63) is 102 Å². The number of hydrogen-bond acceptors (Lipinski definition) is 5. The fourth-order valence-electron chi connectivity index (χ4n) is 3.34. The predicted octanol–water partition coefficient (Wildman–Crippen LogP) is 7.27. The molecule has 1 heterocycles. The molecular weight excluding hydrogens is 448 g/mol. The second kappa shape index (κ2) is 10.5. The molecule has 166 valence electrons. The van der Waals surface area contributed by atoms with Crippen molar-refractivity contribution < 1.29 is 9.53 Å². The molecule has 0 atom stereocenters. The Morgan fingerprint density at radius 3 is 2.55 bits per heavy atom. The summed E-state index contributed by atoms with van der Waals surface area (Å²) in [4.78, 5) is 20.2. The SMILES string of the molecule is C=CC(=O)N(c1ccc(SCc2cccc(C)c2)cc1)c1nc(-c2ccc(OC)cc2)cs1. The summed E-state index contributed by atoms with van der Waals surface area (Å²) in [5, 5.41) is 2.55. The number of ether oxygens (including phenoxy) is 1. The van der Waals surface area contributed by atoms with Crippen molar-refractivity contribution in [1.29, 1.82) is 0 Å². The Hall–Kier alpha value is -3.35. The zero-order valence-electron chi connectivity index (χ0n) is 18.5. The number of benzene rings is 3. The topological polar surface area (TPSA) is 42.4 Å². The number of methoxy groups -OCH3 is 1. The predicted molar refractivity (Wildman–Crippen MR) is 139 cm³/mol. The van der Waals surface area contributed by atoms with Crippen molar-refractivity contribution in [2.24, 2.45) is 0 Å². The van der Waals surface area contributed by atoms with Crippen LogP contribution in [0, 0.1) is 6.92 Å². The average molecular weight is 473 g/mol. The van der Waals surface area contributed by atoms with Crippen LogP contribution in [-0.4, -0.2) is 18.0 Å². The number of aromatic nitrogens is 1. The summed E-state index contributed by atoms with van der Waals surface area (Å²) < 4.78 is 5.23. The Bertz CT molecular complexity index is 1250. The van der Waals surface area contributed by atoms with Crippen molar-refractivity contribution in [2.45, 2.75) is 17.6 Å². The first-order valence-corrected chi connectivity index (χ1v) is 12.3. The summed E-state index contributed by atoms with van der Waals surface area (Å²) in [5.41, 5.74) is 5.09. The Balaban J connectivity index is 1.53. The van der Waals surface area contributed by atoms with Crippen LogP contribution in [0.25, 0.3) is 11.3 Å². The van der Waals surface area contributed by atoms with Crippen LogP contribution in [0.1, 0.15) is 11.1 Å². The number of hydrogen-bond donors (Lipinski definition) is 0. The van der Waals surface area contributed by atoms with Gasteiger partial charge in [-0.2, -0.15) is 0 Å². The molecule has 4 rings (SSSR count). The Kier molecular flexibility index (Phi) is 7.27. The second-order valence-electron chi connectivity index (χ2n) is 7.39. The number of aryl methyl sites for hydroxylation is 1. The number of thiazole rings is 1. The molecule has 0 saturated heterocycles. The number of carbonyl (C=O) groups is 1. The van der Waals surface area contributed by atoms with E-state index in [4.69, 9.17) is 9.72 Å². The van der Waals surface area contributed by atoms with Crippen LogP contribution in [0.5, 0.6) is 5.75 Å². The number of anilines is 2. The van der Waals surface area contributed by atoms with Crippen LogP contribution in [-0.2, 0) is 10.5 Å². The monoisotopic (exact) mass is 472 g/mol. The van der Waals surface area contributed by atoms with E-state index in [-0.39, 0.29) is 5.91 Å². The van der Waals surface area contributed by atoms with E-state index in [0.29, 0.717) is 5.13 Å². The maximum Gasteiger partial charge on any atom is 0.256 e. The molecule has 0 bridgehead atoms. The molecule has 0 aliphatic carbocycles. The largest absolute Gasteiger partial charge is 0.497 e. The van der Waals surface area contributed by atoms with E-state index in [1.54, 1.807) is 23.8 Å². The lowest BCUT2D eigenvalue weighted by atomic mass is 10.2. The minimum atomic E-state index is -0.217. The number of carbonyl (C=O) groups excluding carboxylic acids is 1. The van der Waals surface area contributed by atoms with E-state index in [9.17, 15) is 4.79 Å². The lowest BCUT2D eigenvalue weighted by Crippen LogP contribution is -2.23. The molecule has 4 nitrogen and oxygen atoms in total. The molecule has 0 spiro atoms. The third kappa shape index (κ3) is 5.53.